The second-order valence-electron chi connectivity index (χ2n) is 3.20. The molecule has 1 aromatic heterocycles. The maximum Gasteiger partial charge on any atom is 0.206 e. The quantitative estimate of drug-likeness (QED) is 0.289. The van der Waals surface area contributed by atoms with E-state index in [4.69, 9.17) is 5.84 Å². The number of nitrogens with two attached hydrogens (primary N) is 1. The van der Waals surface area contributed by atoms with Gasteiger partial charge >= 0.3 is 0 Å². The maximum atomic E-state index is 5.33. The summed E-state index contributed by atoms with van der Waals surface area (Å²) in [6.45, 7) is 0.629. The zero-order valence-corrected chi connectivity index (χ0v) is 8.55. The van der Waals surface area contributed by atoms with Crippen molar-refractivity contribution in [3.05, 3.63) is 16.6 Å². The minimum atomic E-state index is 0.561. The summed E-state index contributed by atoms with van der Waals surface area (Å²) in [5.41, 5.74) is 4.36. The molecule has 2 rings (SSSR count). The summed E-state index contributed by atoms with van der Waals surface area (Å²) in [6.07, 6.45) is 4.24. The number of thiazole rings is 1. The van der Waals surface area contributed by atoms with Gasteiger partial charge in [0.1, 0.15) is 0 Å². The summed E-state index contributed by atoms with van der Waals surface area (Å²) in [4.78, 5) is 9.42. The normalized spacial score (nSPS) is 16.8. The monoisotopic (exact) mass is 211 g/mol. The van der Waals surface area contributed by atoms with E-state index in [2.05, 4.69) is 20.7 Å². The van der Waals surface area contributed by atoms with Gasteiger partial charge in [0.05, 0.1) is 12.1 Å². The second kappa shape index (κ2) is 4.39. The average molecular weight is 211 g/mol. The molecule has 0 bridgehead atoms. The van der Waals surface area contributed by atoms with Crippen LogP contribution in [0, 0.1) is 0 Å². The molecule has 14 heavy (non-hydrogen) atoms. The smallest absolute Gasteiger partial charge is 0.206 e. The first-order valence-corrected chi connectivity index (χ1v) is 5.41. The molecule has 0 spiro atoms. The highest BCUT2D eigenvalue weighted by atomic mass is 32.1. The summed E-state index contributed by atoms with van der Waals surface area (Å²) >= 11 is 1.60. The minimum absolute atomic E-state index is 0.561. The Balaban J connectivity index is 1.86. The van der Waals surface area contributed by atoms with Crippen LogP contribution in [-0.2, 0) is 6.54 Å². The van der Waals surface area contributed by atoms with Gasteiger partial charge in [0, 0.05) is 17.1 Å². The molecule has 1 aliphatic carbocycles. The highest BCUT2D eigenvalue weighted by Gasteiger charge is 2.21. The lowest BCUT2D eigenvalue weighted by molar-refractivity contribution is 0.822. The molecule has 76 valence electrons. The first-order chi connectivity index (χ1) is 6.88. The molecule has 0 aliphatic heterocycles. The van der Waals surface area contributed by atoms with E-state index >= 15 is 0 Å². The fourth-order valence-electron chi connectivity index (χ4n) is 1.03. The summed E-state index contributed by atoms with van der Waals surface area (Å²) < 4.78 is 0. The van der Waals surface area contributed by atoms with E-state index in [0.29, 0.717) is 18.5 Å². The van der Waals surface area contributed by atoms with E-state index in [9.17, 15) is 0 Å². The first kappa shape index (κ1) is 9.42. The van der Waals surface area contributed by atoms with Crippen LogP contribution in [0.3, 0.4) is 0 Å². The van der Waals surface area contributed by atoms with Gasteiger partial charge in [-0.15, -0.1) is 11.3 Å². The highest BCUT2D eigenvalue weighted by molar-refractivity contribution is 7.09. The van der Waals surface area contributed by atoms with Crippen LogP contribution in [0.4, 0.5) is 0 Å². The third-order valence-corrected chi connectivity index (χ3v) is 2.70. The molecular formula is C8H13N5S. The van der Waals surface area contributed by atoms with Gasteiger partial charge in [-0.05, 0) is 12.8 Å². The molecule has 1 aromatic rings. The zero-order chi connectivity index (χ0) is 9.80. The highest BCUT2D eigenvalue weighted by Crippen LogP contribution is 2.18. The molecule has 4 N–H and O–H groups in total. The number of guanidine groups is 1. The number of aliphatic imine (C=N–C) groups is 1. The molecule has 1 heterocycles. The van der Waals surface area contributed by atoms with Crippen molar-refractivity contribution in [3.8, 4) is 0 Å². The van der Waals surface area contributed by atoms with Gasteiger partial charge in [0.2, 0.25) is 5.96 Å². The van der Waals surface area contributed by atoms with Gasteiger partial charge in [-0.3, -0.25) is 10.4 Å². The standard InChI is InChI=1S/C8H13N5S/c9-13-8(12-6-1-2-6)11-4-7-3-10-5-14-7/h3,5-6H,1-2,4,9H2,(H2,11,12,13). The summed E-state index contributed by atoms with van der Waals surface area (Å²) in [7, 11) is 0. The fourth-order valence-corrected chi connectivity index (χ4v) is 1.55. The SMILES string of the molecule is NNC(=NCc1cncs1)NC1CC1. The van der Waals surface area contributed by atoms with Crippen molar-refractivity contribution < 1.29 is 0 Å². The van der Waals surface area contributed by atoms with E-state index in [1.165, 1.54) is 12.8 Å². The van der Waals surface area contributed by atoms with Gasteiger partial charge in [0.15, 0.2) is 0 Å². The van der Waals surface area contributed by atoms with Crippen molar-refractivity contribution >= 4 is 17.3 Å². The molecule has 6 heteroatoms. The van der Waals surface area contributed by atoms with Crippen LogP contribution in [-0.4, -0.2) is 17.0 Å². The Morgan fingerprint density at radius 3 is 3.14 bits per heavy atom. The third kappa shape index (κ3) is 2.68. The molecular weight excluding hydrogens is 198 g/mol. The maximum absolute atomic E-state index is 5.33. The molecule has 1 fully saturated rings. The Morgan fingerprint density at radius 1 is 1.71 bits per heavy atom. The zero-order valence-electron chi connectivity index (χ0n) is 7.73. The Bertz CT molecular complexity index is 304. The Labute approximate surface area is 86.4 Å². The first-order valence-electron chi connectivity index (χ1n) is 4.53. The van der Waals surface area contributed by atoms with Crippen LogP contribution in [0.2, 0.25) is 0 Å². The molecule has 0 aromatic carbocycles. The lowest BCUT2D eigenvalue weighted by atomic mass is 10.5. The summed E-state index contributed by atoms with van der Waals surface area (Å²) in [6, 6.07) is 0.561. The summed E-state index contributed by atoms with van der Waals surface area (Å²) in [5, 5.41) is 3.20. The Morgan fingerprint density at radius 2 is 2.57 bits per heavy atom. The van der Waals surface area contributed by atoms with Crippen molar-refractivity contribution in [2.24, 2.45) is 10.8 Å². The third-order valence-electron chi connectivity index (χ3n) is 1.93. The van der Waals surface area contributed by atoms with E-state index < -0.39 is 0 Å². The summed E-state index contributed by atoms with van der Waals surface area (Å²) in [5.74, 6) is 6.00. The fraction of sp³-hybridized carbons (Fsp3) is 0.500. The van der Waals surface area contributed by atoms with Crippen LogP contribution in [0.5, 0.6) is 0 Å². The number of hydrogen-bond donors (Lipinski definition) is 3. The van der Waals surface area contributed by atoms with Crippen LogP contribution >= 0.6 is 11.3 Å². The lowest BCUT2D eigenvalue weighted by Gasteiger charge is -2.06. The van der Waals surface area contributed by atoms with Crippen LogP contribution in [0.25, 0.3) is 0 Å². The molecule has 5 nitrogen and oxygen atoms in total. The number of nitrogens with one attached hydrogen (secondary N) is 2. The van der Waals surface area contributed by atoms with Gasteiger partial charge in [-0.25, -0.2) is 10.8 Å². The molecule has 1 aliphatic rings. The Hall–Kier alpha value is -1.14. The molecule has 0 amide bonds. The van der Waals surface area contributed by atoms with Gasteiger partial charge in [-0.1, -0.05) is 0 Å². The predicted molar refractivity (Wildman–Crippen MR) is 56.7 cm³/mol. The van der Waals surface area contributed by atoms with Gasteiger partial charge in [0.25, 0.3) is 0 Å². The van der Waals surface area contributed by atoms with Gasteiger partial charge in [-0.2, -0.15) is 0 Å². The molecule has 0 unspecified atom stereocenters. The topological polar surface area (TPSA) is 75.3 Å². The lowest BCUT2D eigenvalue weighted by Crippen LogP contribution is -2.42. The van der Waals surface area contributed by atoms with Crippen LogP contribution in [0.1, 0.15) is 17.7 Å². The van der Waals surface area contributed by atoms with Crippen LogP contribution in [0.15, 0.2) is 16.7 Å². The van der Waals surface area contributed by atoms with E-state index in [1.54, 1.807) is 16.8 Å². The van der Waals surface area contributed by atoms with E-state index in [-0.39, 0.29) is 0 Å². The van der Waals surface area contributed by atoms with Crippen molar-refractivity contribution in [1.82, 2.24) is 15.7 Å². The van der Waals surface area contributed by atoms with Crippen molar-refractivity contribution in [1.29, 1.82) is 0 Å². The van der Waals surface area contributed by atoms with E-state index in [0.717, 1.165) is 4.88 Å². The minimum Gasteiger partial charge on any atom is -0.353 e. The van der Waals surface area contributed by atoms with Gasteiger partial charge < -0.3 is 5.32 Å². The predicted octanol–water partition coefficient (Wildman–Crippen LogP) is 0.214. The average Bonchev–Trinajstić information content (AvgIpc) is 2.86. The number of hydrazine groups is 1. The number of nitrogens with zero attached hydrogens (tertiary/aromatic N) is 2. The van der Waals surface area contributed by atoms with Crippen molar-refractivity contribution in [2.75, 3.05) is 0 Å². The molecule has 1 saturated carbocycles. The molecule has 0 radical (unpaired) electrons. The largest absolute Gasteiger partial charge is 0.353 e. The molecule has 0 atom stereocenters. The van der Waals surface area contributed by atoms with Crippen molar-refractivity contribution in [3.63, 3.8) is 0 Å². The van der Waals surface area contributed by atoms with Crippen molar-refractivity contribution in [2.45, 2.75) is 25.4 Å². The number of rotatable bonds is 3. The van der Waals surface area contributed by atoms with E-state index in [1.807, 2.05) is 6.20 Å². The Kier molecular flexibility index (Phi) is 2.95. The number of hydrogen-bond acceptors (Lipinski definition) is 4. The molecule has 0 saturated heterocycles. The van der Waals surface area contributed by atoms with Crippen LogP contribution < -0.4 is 16.6 Å². The second-order valence-corrected chi connectivity index (χ2v) is 4.17. The number of aromatic nitrogens is 1.